The third kappa shape index (κ3) is 3.53. The van der Waals surface area contributed by atoms with Gasteiger partial charge < -0.3 is 19.5 Å². The van der Waals surface area contributed by atoms with Gasteiger partial charge in [0.2, 0.25) is 0 Å². The number of hydrogen-bond donors (Lipinski definition) is 1. The fraction of sp³-hybridized carbons (Fsp3) is 0.474. The first-order valence-corrected chi connectivity index (χ1v) is 8.86. The van der Waals surface area contributed by atoms with E-state index < -0.39 is 0 Å². The maximum atomic E-state index is 12.7. The number of aryl methyl sites for hydroxylation is 1. The first-order valence-electron chi connectivity index (χ1n) is 8.86. The quantitative estimate of drug-likeness (QED) is 0.854. The van der Waals surface area contributed by atoms with E-state index in [4.69, 9.17) is 14.2 Å². The van der Waals surface area contributed by atoms with Gasteiger partial charge in [-0.15, -0.1) is 0 Å². The Bertz CT molecular complexity index is 800. The third-order valence-electron chi connectivity index (χ3n) is 4.82. The van der Waals surface area contributed by atoms with Gasteiger partial charge in [0.1, 0.15) is 11.9 Å². The monoisotopic (exact) mass is 357 g/mol. The van der Waals surface area contributed by atoms with Crippen LogP contribution >= 0.6 is 0 Å². The minimum atomic E-state index is -0.232. The normalized spacial score (nSPS) is 22.2. The molecule has 1 N–H and O–H groups in total. The number of amides is 1. The second kappa shape index (κ2) is 6.99. The molecule has 7 nitrogen and oxygen atoms in total. The van der Waals surface area contributed by atoms with Crippen LogP contribution in [0.4, 0.5) is 0 Å². The Morgan fingerprint density at radius 3 is 2.88 bits per heavy atom. The van der Waals surface area contributed by atoms with Crippen LogP contribution in [0.15, 0.2) is 30.6 Å². The Morgan fingerprint density at radius 1 is 1.35 bits per heavy atom. The molecule has 1 amide bonds. The van der Waals surface area contributed by atoms with Crippen molar-refractivity contribution >= 4 is 5.91 Å². The van der Waals surface area contributed by atoms with Crippen molar-refractivity contribution in [3.63, 3.8) is 0 Å². The molecule has 0 unspecified atom stereocenters. The topological polar surface area (TPSA) is 74.6 Å². The number of rotatable bonds is 6. The Morgan fingerprint density at radius 2 is 2.19 bits per heavy atom. The fourth-order valence-electron chi connectivity index (χ4n) is 3.26. The molecule has 1 aliphatic carbocycles. The molecule has 0 spiro atoms. The average Bonchev–Trinajstić information content (AvgIpc) is 3.29. The van der Waals surface area contributed by atoms with Crippen molar-refractivity contribution in [3.8, 4) is 11.5 Å². The van der Waals surface area contributed by atoms with Crippen molar-refractivity contribution in [3.05, 3.63) is 41.7 Å². The summed E-state index contributed by atoms with van der Waals surface area (Å²) in [4.78, 5) is 12.7. The van der Waals surface area contributed by atoms with Gasteiger partial charge in [0.05, 0.1) is 38.8 Å². The number of aromatic nitrogens is 2. The lowest BCUT2D eigenvalue weighted by Gasteiger charge is -2.20. The first-order chi connectivity index (χ1) is 12.6. The SMILES string of the molecule is COc1ccc(C(=O)N[C@H]2COC[C@H]2Oc2cnn(C)c2)cc1C1CC1. The van der Waals surface area contributed by atoms with Gasteiger partial charge in [-0.1, -0.05) is 0 Å². The van der Waals surface area contributed by atoms with Gasteiger partial charge in [0, 0.05) is 12.6 Å². The zero-order chi connectivity index (χ0) is 18.1. The predicted molar refractivity (Wildman–Crippen MR) is 94.7 cm³/mol. The molecule has 7 heteroatoms. The molecule has 2 aliphatic rings. The number of methoxy groups -OCH3 is 1. The molecule has 4 rings (SSSR count). The van der Waals surface area contributed by atoms with Crippen LogP contribution in [-0.2, 0) is 11.8 Å². The Balaban J connectivity index is 1.44. The van der Waals surface area contributed by atoms with Crippen LogP contribution < -0.4 is 14.8 Å². The molecular weight excluding hydrogens is 334 g/mol. The maximum absolute atomic E-state index is 12.7. The molecule has 1 aromatic carbocycles. The summed E-state index contributed by atoms with van der Waals surface area (Å²) in [5.74, 6) is 1.91. The second-order valence-corrected chi connectivity index (χ2v) is 6.85. The summed E-state index contributed by atoms with van der Waals surface area (Å²) in [5, 5.41) is 7.13. The standard InChI is InChI=1S/C19H23N3O4/c1-22-9-14(8-20-22)26-18-11-25-10-16(18)21-19(23)13-5-6-17(24-2)15(7-13)12-3-4-12/h5-9,12,16,18H,3-4,10-11H2,1-2H3,(H,21,23)/t16-,18+/m0/s1. The molecule has 2 heterocycles. The van der Waals surface area contributed by atoms with Crippen LogP contribution in [0.3, 0.4) is 0 Å². The number of nitrogens with one attached hydrogen (secondary N) is 1. The van der Waals surface area contributed by atoms with E-state index in [0.717, 1.165) is 24.2 Å². The van der Waals surface area contributed by atoms with Crippen molar-refractivity contribution in [1.82, 2.24) is 15.1 Å². The van der Waals surface area contributed by atoms with Gasteiger partial charge in [0.15, 0.2) is 5.75 Å². The molecule has 1 saturated carbocycles. The van der Waals surface area contributed by atoms with E-state index in [9.17, 15) is 4.79 Å². The van der Waals surface area contributed by atoms with Crippen molar-refractivity contribution in [2.45, 2.75) is 30.9 Å². The summed E-state index contributed by atoms with van der Waals surface area (Å²) in [7, 11) is 3.50. The van der Waals surface area contributed by atoms with Gasteiger partial charge in [-0.2, -0.15) is 5.10 Å². The van der Waals surface area contributed by atoms with Crippen LogP contribution in [0, 0.1) is 0 Å². The largest absolute Gasteiger partial charge is 0.496 e. The lowest BCUT2D eigenvalue weighted by atomic mass is 10.0. The van der Waals surface area contributed by atoms with E-state index >= 15 is 0 Å². The van der Waals surface area contributed by atoms with Crippen LogP contribution in [-0.4, -0.2) is 48.2 Å². The highest BCUT2D eigenvalue weighted by Crippen LogP contribution is 2.44. The highest BCUT2D eigenvalue weighted by molar-refractivity contribution is 5.95. The van der Waals surface area contributed by atoms with Crippen molar-refractivity contribution in [2.24, 2.45) is 7.05 Å². The molecule has 26 heavy (non-hydrogen) atoms. The molecule has 0 bridgehead atoms. The Hall–Kier alpha value is -2.54. The number of hydrogen-bond acceptors (Lipinski definition) is 5. The van der Waals surface area contributed by atoms with Gasteiger partial charge in [-0.25, -0.2) is 0 Å². The van der Waals surface area contributed by atoms with Gasteiger partial charge in [-0.05, 0) is 42.5 Å². The van der Waals surface area contributed by atoms with Crippen molar-refractivity contribution < 1.29 is 19.0 Å². The van der Waals surface area contributed by atoms with Gasteiger partial charge in [-0.3, -0.25) is 9.48 Å². The molecule has 1 aromatic heterocycles. The van der Waals surface area contributed by atoms with Crippen molar-refractivity contribution in [2.75, 3.05) is 20.3 Å². The maximum Gasteiger partial charge on any atom is 0.251 e. The minimum Gasteiger partial charge on any atom is -0.496 e. The molecular formula is C19H23N3O4. The Kier molecular flexibility index (Phi) is 4.55. The number of nitrogens with zero attached hydrogens (tertiary/aromatic N) is 2. The minimum absolute atomic E-state index is 0.121. The molecule has 138 valence electrons. The van der Waals surface area contributed by atoms with E-state index in [2.05, 4.69) is 10.4 Å². The molecule has 1 saturated heterocycles. The molecule has 1 aliphatic heterocycles. The second-order valence-electron chi connectivity index (χ2n) is 6.85. The zero-order valence-corrected chi connectivity index (χ0v) is 15.0. The summed E-state index contributed by atoms with van der Waals surface area (Å²) in [6, 6.07) is 5.41. The molecule has 2 fully saturated rings. The summed E-state index contributed by atoms with van der Waals surface area (Å²) >= 11 is 0. The first kappa shape index (κ1) is 16.9. The highest BCUT2D eigenvalue weighted by atomic mass is 16.5. The third-order valence-corrected chi connectivity index (χ3v) is 4.82. The predicted octanol–water partition coefficient (Wildman–Crippen LogP) is 1.88. The van der Waals surface area contributed by atoms with Crippen LogP contribution in [0.25, 0.3) is 0 Å². The number of carbonyl (C=O) groups is 1. The summed E-state index contributed by atoms with van der Waals surface area (Å²) in [5.41, 5.74) is 1.76. The van der Waals surface area contributed by atoms with Gasteiger partial charge in [0.25, 0.3) is 5.91 Å². The van der Waals surface area contributed by atoms with Crippen LogP contribution in [0.2, 0.25) is 0 Å². The summed E-state index contributed by atoms with van der Waals surface area (Å²) in [6.07, 6.45) is 5.52. The number of ether oxygens (including phenoxy) is 3. The van der Waals surface area contributed by atoms with E-state index in [1.165, 1.54) is 0 Å². The lowest BCUT2D eigenvalue weighted by Crippen LogP contribution is -2.45. The fourth-order valence-corrected chi connectivity index (χ4v) is 3.26. The molecule has 2 aromatic rings. The lowest BCUT2D eigenvalue weighted by molar-refractivity contribution is 0.0904. The summed E-state index contributed by atoms with van der Waals surface area (Å²) < 4.78 is 18.5. The van der Waals surface area contributed by atoms with E-state index in [-0.39, 0.29) is 18.1 Å². The van der Waals surface area contributed by atoms with Crippen LogP contribution in [0.5, 0.6) is 11.5 Å². The van der Waals surface area contributed by atoms with Crippen molar-refractivity contribution in [1.29, 1.82) is 0 Å². The van der Waals surface area contributed by atoms with E-state index in [0.29, 0.717) is 30.4 Å². The highest BCUT2D eigenvalue weighted by Gasteiger charge is 2.33. The Labute approximate surface area is 152 Å². The number of benzene rings is 1. The zero-order valence-electron chi connectivity index (χ0n) is 15.0. The number of carbonyl (C=O) groups excluding carboxylic acids is 1. The average molecular weight is 357 g/mol. The van der Waals surface area contributed by atoms with E-state index in [1.54, 1.807) is 30.3 Å². The smallest absolute Gasteiger partial charge is 0.251 e. The van der Waals surface area contributed by atoms with Crippen LogP contribution in [0.1, 0.15) is 34.7 Å². The van der Waals surface area contributed by atoms with Gasteiger partial charge >= 0.3 is 0 Å². The molecule has 2 atom stereocenters. The molecule has 0 radical (unpaired) electrons. The summed E-state index contributed by atoms with van der Waals surface area (Å²) in [6.45, 7) is 0.873. The van der Waals surface area contributed by atoms with E-state index in [1.807, 2.05) is 19.2 Å².